The van der Waals surface area contributed by atoms with Gasteiger partial charge in [-0.15, -0.1) is 0 Å². The third-order valence-electron chi connectivity index (χ3n) is 2.47. The molecule has 16 heavy (non-hydrogen) atoms. The lowest BCUT2D eigenvalue weighted by Gasteiger charge is -2.29. The maximum atomic E-state index is 5.18. The van der Waals surface area contributed by atoms with E-state index in [-0.39, 0.29) is 0 Å². The molecule has 0 amide bonds. The maximum Gasteiger partial charge on any atom is 0.0615 e. The zero-order valence-corrected chi connectivity index (χ0v) is 11.1. The Labute approximate surface area is 99.6 Å². The molecule has 0 radical (unpaired) electrons. The molecular weight excluding hydrogens is 204 g/mol. The molecule has 0 aromatic heterocycles. The van der Waals surface area contributed by atoms with Gasteiger partial charge in [0.25, 0.3) is 0 Å². The molecule has 0 spiro atoms. The first-order valence-electron chi connectivity index (χ1n) is 5.68. The van der Waals surface area contributed by atoms with Crippen LogP contribution in [0.25, 0.3) is 0 Å². The molecule has 0 aliphatic carbocycles. The Morgan fingerprint density at radius 2 is 2.06 bits per heavy atom. The molecule has 0 heterocycles. The molecule has 0 bridgehead atoms. The SMILES string of the molecule is C=C(CNC)CN(CCOC)C(C)COC. The summed E-state index contributed by atoms with van der Waals surface area (Å²) >= 11 is 0. The van der Waals surface area contributed by atoms with Crippen molar-refractivity contribution in [3.05, 3.63) is 12.2 Å². The third kappa shape index (κ3) is 6.95. The molecule has 4 nitrogen and oxygen atoms in total. The van der Waals surface area contributed by atoms with Gasteiger partial charge < -0.3 is 14.8 Å². The minimum Gasteiger partial charge on any atom is -0.383 e. The van der Waals surface area contributed by atoms with Gasteiger partial charge in [0, 0.05) is 39.9 Å². The molecule has 0 aliphatic heterocycles. The summed E-state index contributed by atoms with van der Waals surface area (Å²) in [6, 6.07) is 0.383. The molecule has 1 N–H and O–H groups in total. The van der Waals surface area contributed by atoms with Gasteiger partial charge >= 0.3 is 0 Å². The second kappa shape index (κ2) is 9.78. The summed E-state index contributed by atoms with van der Waals surface area (Å²) in [6.45, 7) is 10.3. The van der Waals surface area contributed by atoms with E-state index in [4.69, 9.17) is 9.47 Å². The lowest BCUT2D eigenvalue weighted by molar-refractivity contribution is 0.0807. The Bertz CT molecular complexity index is 186. The fraction of sp³-hybridized carbons (Fsp3) is 0.833. The largest absolute Gasteiger partial charge is 0.383 e. The van der Waals surface area contributed by atoms with Gasteiger partial charge in [-0.25, -0.2) is 0 Å². The van der Waals surface area contributed by atoms with Gasteiger partial charge in [-0.2, -0.15) is 0 Å². The number of nitrogens with one attached hydrogen (secondary N) is 1. The van der Waals surface area contributed by atoms with Crippen molar-refractivity contribution in [2.45, 2.75) is 13.0 Å². The summed E-state index contributed by atoms with van der Waals surface area (Å²) in [7, 11) is 5.39. The first-order chi connectivity index (χ1) is 7.65. The van der Waals surface area contributed by atoms with Crippen molar-refractivity contribution in [2.24, 2.45) is 0 Å². The molecule has 0 saturated carbocycles. The van der Waals surface area contributed by atoms with Gasteiger partial charge in [0.05, 0.1) is 13.2 Å². The van der Waals surface area contributed by atoms with E-state index in [0.717, 1.165) is 32.8 Å². The van der Waals surface area contributed by atoms with Crippen LogP contribution in [0.15, 0.2) is 12.2 Å². The molecular formula is C12H26N2O2. The standard InChI is InChI=1S/C12H26N2O2/c1-11(8-13-3)9-14(6-7-15-4)12(2)10-16-5/h12-13H,1,6-10H2,2-5H3. The van der Waals surface area contributed by atoms with Crippen molar-refractivity contribution in [2.75, 3.05) is 54.1 Å². The third-order valence-corrected chi connectivity index (χ3v) is 2.47. The monoisotopic (exact) mass is 230 g/mol. The van der Waals surface area contributed by atoms with Gasteiger partial charge in [0.15, 0.2) is 0 Å². The molecule has 1 atom stereocenters. The highest BCUT2D eigenvalue weighted by Gasteiger charge is 2.13. The van der Waals surface area contributed by atoms with Crippen molar-refractivity contribution in [3.8, 4) is 0 Å². The van der Waals surface area contributed by atoms with E-state index in [1.54, 1.807) is 14.2 Å². The van der Waals surface area contributed by atoms with Gasteiger partial charge in [0.2, 0.25) is 0 Å². The fourth-order valence-electron chi connectivity index (χ4n) is 1.60. The Balaban J connectivity index is 4.12. The predicted octanol–water partition coefficient (Wildman–Crippen LogP) is 0.745. The number of hydrogen-bond donors (Lipinski definition) is 1. The van der Waals surface area contributed by atoms with Crippen LogP contribution in [0.1, 0.15) is 6.92 Å². The molecule has 0 aromatic rings. The van der Waals surface area contributed by atoms with Crippen LogP contribution in [-0.2, 0) is 9.47 Å². The molecule has 4 heteroatoms. The Morgan fingerprint density at radius 1 is 1.38 bits per heavy atom. The van der Waals surface area contributed by atoms with Gasteiger partial charge in [0.1, 0.15) is 0 Å². The Kier molecular flexibility index (Phi) is 9.52. The number of rotatable bonds is 10. The first-order valence-corrected chi connectivity index (χ1v) is 5.68. The smallest absolute Gasteiger partial charge is 0.0615 e. The second-order valence-corrected chi connectivity index (χ2v) is 4.05. The van der Waals surface area contributed by atoms with E-state index < -0.39 is 0 Å². The van der Waals surface area contributed by atoms with E-state index >= 15 is 0 Å². The predicted molar refractivity (Wildman–Crippen MR) is 67.9 cm³/mol. The van der Waals surface area contributed by atoms with Crippen molar-refractivity contribution < 1.29 is 9.47 Å². The van der Waals surface area contributed by atoms with Crippen molar-refractivity contribution >= 4 is 0 Å². The molecule has 0 aliphatic rings. The number of likely N-dealkylation sites (N-methyl/N-ethyl adjacent to an activating group) is 1. The normalized spacial score (nSPS) is 13.1. The Morgan fingerprint density at radius 3 is 2.56 bits per heavy atom. The average Bonchev–Trinajstić information content (AvgIpc) is 2.24. The summed E-state index contributed by atoms with van der Waals surface area (Å²) in [4.78, 5) is 2.33. The number of ether oxygens (including phenoxy) is 2. The summed E-state index contributed by atoms with van der Waals surface area (Å²) in [5.41, 5.74) is 1.18. The molecule has 0 saturated heterocycles. The Hall–Kier alpha value is -0.420. The fourth-order valence-corrected chi connectivity index (χ4v) is 1.60. The minimum atomic E-state index is 0.383. The topological polar surface area (TPSA) is 33.7 Å². The summed E-state index contributed by atoms with van der Waals surface area (Å²) < 4.78 is 10.3. The number of methoxy groups -OCH3 is 2. The molecule has 96 valence electrons. The van der Waals surface area contributed by atoms with Crippen LogP contribution in [0, 0.1) is 0 Å². The van der Waals surface area contributed by atoms with Crippen LogP contribution in [-0.4, -0.2) is 65.1 Å². The molecule has 1 unspecified atom stereocenters. The van der Waals surface area contributed by atoms with E-state index in [1.807, 2.05) is 7.05 Å². The van der Waals surface area contributed by atoms with Crippen LogP contribution in [0.4, 0.5) is 0 Å². The van der Waals surface area contributed by atoms with Gasteiger partial charge in [-0.3, -0.25) is 4.90 Å². The number of hydrogen-bond acceptors (Lipinski definition) is 4. The zero-order chi connectivity index (χ0) is 12.4. The first kappa shape index (κ1) is 15.6. The highest BCUT2D eigenvalue weighted by atomic mass is 16.5. The maximum absolute atomic E-state index is 5.18. The van der Waals surface area contributed by atoms with Crippen LogP contribution in [0.2, 0.25) is 0 Å². The lowest BCUT2D eigenvalue weighted by atomic mass is 10.2. The summed E-state index contributed by atoms with van der Waals surface area (Å²) in [5, 5.41) is 3.11. The van der Waals surface area contributed by atoms with Crippen molar-refractivity contribution in [1.29, 1.82) is 0 Å². The second-order valence-electron chi connectivity index (χ2n) is 4.05. The van der Waals surface area contributed by atoms with Crippen LogP contribution < -0.4 is 5.32 Å². The van der Waals surface area contributed by atoms with Crippen molar-refractivity contribution in [1.82, 2.24) is 10.2 Å². The van der Waals surface area contributed by atoms with Crippen LogP contribution in [0.5, 0.6) is 0 Å². The average molecular weight is 230 g/mol. The van der Waals surface area contributed by atoms with E-state index in [2.05, 4.69) is 23.7 Å². The molecule has 0 fully saturated rings. The number of nitrogens with zero attached hydrogens (tertiary/aromatic N) is 1. The lowest BCUT2D eigenvalue weighted by Crippen LogP contribution is -2.40. The molecule has 0 aromatic carbocycles. The highest BCUT2D eigenvalue weighted by molar-refractivity contribution is 5.00. The van der Waals surface area contributed by atoms with Crippen molar-refractivity contribution in [3.63, 3.8) is 0 Å². The van der Waals surface area contributed by atoms with E-state index in [1.165, 1.54) is 5.57 Å². The van der Waals surface area contributed by atoms with Crippen LogP contribution >= 0.6 is 0 Å². The zero-order valence-electron chi connectivity index (χ0n) is 11.1. The van der Waals surface area contributed by atoms with Gasteiger partial charge in [-0.05, 0) is 19.5 Å². The van der Waals surface area contributed by atoms with Gasteiger partial charge in [-0.1, -0.05) is 6.58 Å². The summed E-state index contributed by atoms with van der Waals surface area (Å²) in [6.07, 6.45) is 0. The van der Waals surface area contributed by atoms with E-state index in [9.17, 15) is 0 Å². The quantitative estimate of drug-likeness (QED) is 0.561. The van der Waals surface area contributed by atoms with E-state index in [0.29, 0.717) is 6.04 Å². The highest BCUT2D eigenvalue weighted by Crippen LogP contribution is 2.03. The summed E-state index contributed by atoms with van der Waals surface area (Å²) in [5.74, 6) is 0. The van der Waals surface area contributed by atoms with Crippen LogP contribution in [0.3, 0.4) is 0 Å². The minimum absolute atomic E-state index is 0.383. The molecule has 0 rings (SSSR count).